The van der Waals surface area contributed by atoms with E-state index in [0.717, 1.165) is 25.9 Å². The molecule has 1 saturated heterocycles. The van der Waals surface area contributed by atoms with Gasteiger partial charge in [0.15, 0.2) is 0 Å². The number of nitrogens with zero attached hydrogens (tertiary/aromatic N) is 1. The molecule has 1 atom stereocenters. The van der Waals surface area contributed by atoms with Crippen molar-refractivity contribution >= 4 is 5.97 Å². The summed E-state index contributed by atoms with van der Waals surface area (Å²) in [7, 11) is 1.43. The molecule has 1 unspecified atom stereocenters. The average Bonchev–Trinajstić information content (AvgIpc) is 2.49. The Morgan fingerprint density at radius 2 is 2.32 bits per heavy atom. The standard InChI is InChI=1S/C14H20N2O3/c1-18-14(17)13(11-4-7-15-8-5-11)10-19-12-3-2-6-16-9-12/h2-3,6,9,11,13,15H,4-5,7-8,10H2,1H3. The smallest absolute Gasteiger partial charge is 0.312 e. The summed E-state index contributed by atoms with van der Waals surface area (Å²) < 4.78 is 10.6. The van der Waals surface area contributed by atoms with Crippen molar-refractivity contribution < 1.29 is 14.3 Å². The van der Waals surface area contributed by atoms with Gasteiger partial charge in [0.25, 0.3) is 0 Å². The second-order valence-electron chi connectivity index (χ2n) is 4.72. The number of nitrogens with one attached hydrogen (secondary N) is 1. The maximum absolute atomic E-state index is 11.9. The molecular formula is C14H20N2O3. The Morgan fingerprint density at radius 1 is 1.53 bits per heavy atom. The van der Waals surface area contributed by atoms with Crippen LogP contribution in [0.25, 0.3) is 0 Å². The Balaban J connectivity index is 1.95. The lowest BCUT2D eigenvalue weighted by Crippen LogP contribution is -2.37. The lowest BCUT2D eigenvalue weighted by atomic mass is 9.85. The highest BCUT2D eigenvalue weighted by Crippen LogP contribution is 2.24. The largest absolute Gasteiger partial charge is 0.491 e. The van der Waals surface area contributed by atoms with E-state index in [1.54, 1.807) is 12.4 Å². The third-order valence-electron chi connectivity index (χ3n) is 3.52. The third-order valence-corrected chi connectivity index (χ3v) is 3.52. The molecular weight excluding hydrogens is 244 g/mol. The fraction of sp³-hybridized carbons (Fsp3) is 0.571. The number of ether oxygens (including phenoxy) is 2. The summed E-state index contributed by atoms with van der Waals surface area (Å²) in [4.78, 5) is 15.9. The molecule has 0 amide bonds. The minimum absolute atomic E-state index is 0.184. The molecule has 0 aromatic carbocycles. The van der Waals surface area contributed by atoms with Gasteiger partial charge in [0, 0.05) is 6.20 Å². The molecule has 5 heteroatoms. The predicted molar refractivity (Wildman–Crippen MR) is 70.8 cm³/mol. The quantitative estimate of drug-likeness (QED) is 0.811. The zero-order valence-corrected chi connectivity index (χ0v) is 11.2. The second kappa shape index (κ2) is 7.09. The number of carbonyl (C=O) groups is 1. The highest BCUT2D eigenvalue weighted by atomic mass is 16.5. The lowest BCUT2D eigenvalue weighted by molar-refractivity contribution is -0.149. The van der Waals surface area contributed by atoms with E-state index in [-0.39, 0.29) is 11.9 Å². The summed E-state index contributed by atoms with van der Waals surface area (Å²) in [6, 6.07) is 3.65. The number of hydrogen-bond acceptors (Lipinski definition) is 5. The van der Waals surface area contributed by atoms with Gasteiger partial charge in [-0.05, 0) is 44.0 Å². The fourth-order valence-electron chi connectivity index (χ4n) is 2.41. The molecule has 5 nitrogen and oxygen atoms in total. The zero-order valence-electron chi connectivity index (χ0n) is 11.2. The SMILES string of the molecule is COC(=O)C(COc1cccnc1)C1CCNCC1. The van der Waals surface area contributed by atoms with Crippen molar-refractivity contribution in [2.75, 3.05) is 26.8 Å². The van der Waals surface area contributed by atoms with Gasteiger partial charge >= 0.3 is 5.97 Å². The van der Waals surface area contributed by atoms with Crippen LogP contribution in [0.1, 0.15) is 12.8 Å². The van der Waals surface area contributed by atoms with E-state index in [1.165, 1.54) is 7.11 Å². The van der Waals surface area contributed by atoms with Crippen LogP contribution in [0.15, 0.2) is 24.5 Å². The molecule has 1 fully saturated rings. The summed E-state index contributed by atoms with van der Waals surface area (Å²) in [6.45, 7) is 2.25. The summed E-state index contributed by atoms with van der Waals surface area (Å²) in [5.41, 5.74) is 0. The molecule has 2 heterocycles. The van der Waals surface area contributed by atoms with E-state index >= 15 is 0 Å². The van der Waals surface area contributed by atoms with Crippen LogP contribution in [0, 0.1) is 11.8 Å². The number of hydrogen-bond donors (Lipinski definition) is 1. The maximum atomic E-state index is 11.9. The van der Waals surface area contributed by atoms with E-state index in [9.17, 15) is 4.79 Å². The van der Waals surface area contributed by atoms with Gasteiger partial charge in [-0.25, -0.2) is 0 Å². The summed E-state index contributed by atoms with van der Waals surface area (Å²) >= 11 is 0. The van der Waals surface area contributed by atoms with Gasteiger partial charge in [0.1, 0.15) is 12.4 Å². The minimum Gasteiger partial charge on any atom is -0.491 e. The number of aromatic nitrogens is 1. The van der Waals surface area contributed by atoms with Gasteiger partial charge in [-0.15, -0.1) is 0 Å². The molecule has 0 spiro atoms. The van der Waals surface area contributed by atoms with E-state index in [4.69, 9.17) is 9.47 Å². The normalized spacial score (nSPS) is 17.7. The van der Waals surface area contributed by atoms with Crippen LogP contribution < -0.4 is 10.1 Å². The van der Waals surface area contributed by atoms with Crippen molar-refractivity contribution in [1.29, 1.82) is 0 Å². The number of piperidine rings is 1. The van der Waals surface area contributed by atoms with Crippen molar-refractivity contribution in [2.45, 2.75) is 12.8 Å². The first-order chi connectivity index (χ1) is 9.31. The van der Waals surface area contributed by atoms with Gasteiger partial charge in [-0.2, -0.15) is 0 Å². The van der Waals surface area contributed by atoms with Gasteiger partial charge in [0.05, 0.1) is 19.2 Å². The van der Waals surface area contributed by atoms with E-state index in [1.807, 2.05) is 12.1 Å². The topological polar surface area (TPSA) is 60.5 Å². The van der Waals surface area contributed by atoms with Crippen LogP contribution in [-0.4, -0.2) is 37.8 Å². The van der Waals surface area contributed by atoms with Crippen molar-refractivity contribution in [2.24, 2.45) is 11.8 Å². The molecule has 0 aliphatic carbocycles. The summed E-state index contributed by atoms with van der Waals surface area (Å²) in [5.74, 6) is 0.624. The minimum atomic E-state index is -0.202. The molecule has 104 valence electrons. The molecule has 0 bridgehead atoms. The average molecular weight is 264 g/mol. The number of pyridine rings is 1. The molecule has 2 rings (SSSR count). The number of rotatable bonds is 5. The van der Waals surface area contributed by atoms with Gasteiger partial charge in [-0.1, -0.05) is 0 Å². The van der Waals surface area contributed by atoms with Crippen molar-refractivity contribution in [1.82, 2.24) is 10.3 Å². The van der Waals surface area contributed by atoms with Crippen molar-refractivity contribution in [3.05, 3.63) is 24.5 Å². The molecule has 1 aromatic rings. The van der Waals surface area contributed by atoms with Gasteiger partial charge in [-0.3, -0.25) is 9.78 Å². The van der Waals surface area contributed by atoms with E-state index in [2.05, 4.69) is 10.3 Å². The molecule has 0 saturated carbocycles. The van der Waals surface area contributed by atoms with E-state index < -0.39 is 0 Å². The molecule has 1 N–H and O–H groups in total. The van der Waals surface area contributed by atoms with Crippen molar-refractivity contribution in [3.63, 3.8) is 0 Å². The number of carbonyl (C=O) groups excluding carboxylic acids is 1. The van der Waals surface area contributed by atoms with Crippen LogP contribution in [0.4, 0.5) is 0 Å². The summed E-state index contributed by atoms with van der Waals surface area (Å²) in [5, 5.41) is 3.30. The lowest BCUT2D eigenvalue weighted by Gasteiger charge is -2.28. The first-order valence-corrected chi connectivity index (χ1v) is 6.62. The van der Waals surface area contributed by atoms with Crippen LogP contribution in [-0.2, 0) is 9.53 Å². The number of methoxy groups -OCH3 is 1. The monoisotopic (exact) mass is 264 g/mol. The predicted octanol–water partition coefficient (Wildman–Crippen LogP) is 1.25. The Kier molecular flexibility index (Phi) is 5.15. The molecule has 1 aliphatic heterocycles. The summed E-state index contributed by atoms with van der Waals surface area (Å²) in [6.07, 6.45) is 5.31. The first-order valence-electron chi connectivity index (χ1n) is 6.62. The number of esters is 1. The van der Waals surface area contributed by atoms with E-state index in [0.29, 0.717) is 18.3 Å². The molecule has 1 aromatic heterocycles. The third kappa shape index (κ3) is 3.92. The molecule has 19 heavy (non-hydrogen) atoms. The van der Waals surface area contributed by atoms with Crippen LogP contribution >= 0.6 is 0 Å². The van der Waals surface area contributed by atoms with Crippen LogP contribution in [0.2, 0.25) is 0 Å². The Bertz CT molecular complexity index is 391. The van der Waals surface area contributed by atoms with Crippen LogP contribution in [0.3, 0.4) is 0 Å². The first kappa shape index (κ1) is 13.8. The second-order valence-corrected chi connectivity index (χ2v) is 4.72. The van der Waals surface area contributed by atoms with Crippen LogP contribution in [0.5, 0.6) is 5.75 Å². The maximum Gasteiger partial charge on any atom is 0.312 e. The van der Waals surface area contributed by atoms with Gasteiger partial charge < -0.3 is 14.8 Å². The Morgan fingerprint density at radius 3 is 2.95 bits per heavy atom. The fourth-order valence-corrected chi connectivity index (χ4v) is 2.41. The Labute approximate surface area is 113 Å². The Hall–Kier alpha value is -1.62. The molecule has 0 radical (unpaired) electrons. The van der Waals surface area contributed by atoms with Gasteiger partial charge in [0.2, 0.25) is 0 Å². The highest BCUT2D eigenvalue weighted by molar-refractivity contribution is 5.72. The highest BCUT2D eigenvalue weighted by Gasteiger charge is 2.31. The van der Waals surface area contributed by atoms with Crippen molar-refractivity contribution in [3.8, 4) is 5.75 Å². The molecule has 1 aliphatic rings. The zero-order chi connectivity index (χ0) is 13.5.